The summed E-state index contributed by atoms with van der Waals surface area (Å²) in [5.74, 6) is 0.293. The average molecular weight is 441 g/mol. The van der Waals surface area contributed by atoms with Gasteiger partial charge in [-0.2, -0.15) is 0 Å². The van der Waals surface area contributed by atoms with E-state index in [-0.39, 0.29) is 21.9 Å². The number of carbonyl (C=O) groups is 1. The number of aryl methyl sites for hydroxylation is 1. The van der Waals surface area contributed by atoms with Crippen LogP contribution in [0.5, 0.6) is 0 Å². The molecule has 1 aromatic heterocycles. The first kappa shape index (κ1) is 19.2. The maximum absolute atomic E-state index is 12.9. The number of nitrogens with one attached hydrogen (secondary N) is 1. The molecule has 0 saturated heterocycles. The molecule has 1 fully saturated rings. The van der Waals surface area contributed by atoms with Crippen molar-refractivity contribution in [1.29, 1.82) is 0 Å². The van der Waals surface area contributed by atoms with Crippen LogP contribution < -0.4 is 9.62 Å². The molecule has 2 heterocycles. The minimum Gasteiger partial charge on any atom is -0.312 e. The van der Waals surface area contributed by atoms with Gasteiger partial charge >= 0.3 is 0 Å². The van der Waals surface area contributed by atoms with Crippen molar-refractivity contribution in [3.05, 3.63) is 53.6 Å². The quantitative estimate of drug-likeness (QED) is 0.654. The van der Waals surface area contributed by atoms with Crippen molar-refractivity contribution < 1.29 is 13.2 Å². The molecule has 5 rings (SSSR count). The summed E-state index contributed by atoms with van der Waals surface area (Å²) in [6.45, 7) is 2.61. The summed E-state index contributed by atoms with van der Waals surface area (Å²) in [7, 11) is -3.80. The Morgan fingerprint density at radius 1 is 1.13 bits per heavy atom. The molecule has 0 radical (unpaired) electrons. The third-order valence-corrected chi connectivity index (χ3v) is 7.75. The lowest BCUT2D eigenvalue weighted by molar-refractivity contribution is -0.119. The van der Waals surface area contributed by atoms with E-state index in [9.17, 15) is 13.2 Å². The van der Waals surface area contributed by atoms with Gasteiger partial charge in [-0.25, -0.2) is 8.42 Å². The minimum absolute atomic E-state index is 0.140. The molecule has 1 saturated carbocycles. The van der Waals surface area contributed by atoms with Crippen LogP contribution in [0.15, 0.2) is 47.4 Å². The molecule has 0 bridgehead atoms. The molecule has 0 unspecified atom stereocenters. The van der Waals surface area contributed by atoms with E-state index in [4.69, 9.17) is 0 Å². The zero-order valence-corrected chi connectivity index (χ0v) is 18.0. The van der Waals surface area contributed by atoms with Gasteiger partial charge in [-0.3, -0.25) is 9.52 Å². The lowest BCUT2D eigenvalue weighted by Crippen LogP contribution is -2.30. The normalized spacial score (nSPS) is 15.8. The smallest absolute Gasteiger partial charge is 0.263 e. The highest BCUT2D eigenvalue weighted by Gasteiger charge is 2.36. The molecule has 7 nitrogen and oxygen atoms in total. The molecule has 3 aromatic rings. The molecule has 30 heavy (non-hydrogen) atoms. The van der Waals surface area contributed by atoms with E-state index in [0.29, 0.717) is 18.0 Å². The van der Waals surface area contributed by atoms with Gasteiger partial charge in [0.05, 0.1) is 4.90 Å². The van der Waals surface area contributed by atoms with E-state index in [1.54, 1.807) is 23.1 Å². The van der Waals surface area contributed by atoms with E-state index < -0.39 is 10.0 Å². The van der Waals surface area contributed by atoms with Gasteiger partial charge in [0.1, 0.15) is 5.01 Å². The first-order valence-corrected chi connectivity index (χ1v) is 12.1. The second-order valence-corrected chi connectivity index (χ2v) is 10.3. The van der Waals surface area contributed by atoms with Crippen LogP contribution in [-0.2, 0) is 21.2 Å². The fourth-order valence-electron chi connectivity index (χ4n) is 3.58. The predicted octanol–water partition coefficient (Wildman–Crippen LogP) is 3.61. The number of benzene rings is 2. The second-order valence-electron chi connectivity index (χ2n) is 7.69. The highest BCUT2D eigenvalue weighted by molar-refractivity contribution is 7.93. The van der Waals surface area contributed by atoms with Gasteiger partial charge in [-0.15, -0.1) is 10.2 Å². The Balaban J connectivity index is 1.36. The molecule has 0 atom stereocenters. The number of aromatic nitrogens is 2. The molecule has 154 valence electrons. The van der Waals surface area contributed by atoms with Crippen LogP contribution in [0.2, 0.25) is 0 Å². The Morgan fingerprint density at radius 2 is 1.90 bits per heavy atom. The highest BCUT2D eigenvalue weighted by atomic mass is 32.2. The van der Waals surface area contributed by atoms with Crippen molar-refractivity contribution >= 4 is 38.1 Å². The summed E-state index contributed by atoms with van der Waals surface area (Å²) < 4.78 is 28.3. The number of carbonyl (C=O) groups excluding carboxylic acids is 1. The lowest BCUT2D eigenvalue weighted by atomic mass is 10.2. The van der Waals surface area contributed by atoms with Crippen LogP contribution in [0.25, 0.3) is 10.6 Å². The maximum Gasteiger partial charge on any atom is 0.263 e. The standard InChI is InChI=1S/C21H20N4O3S2/c1-13-2-4-14(5-3-13)19-22-23-21(29-19)24-30(27,28)17-8-9-18-16(12-17)10-11-25(18)20(26)15-6-7-15/h2-5,8-9,12,15H,6-7,10-11H2,1H3,(H,23,24). The molecule has 1 aliphatic heterocycles. The molecule has 9 heteroatoms. The first-order chi connectivity index (χ1) is 14.4. The summed E-state index contributed by atoms with van der Waals surface area (Å²) in [5.41, 5.74) is 3.73. The SMILES string of the molecule is Cc1ccc(-c2nnc(NS(=O)(=O)c3ccc4c(c3)CCN4C(=O)C3CC3)s2)cc1. The Labute approximate surface area is 178 Å². The van der Waals surface area contributed by atoms with E-state index in [1.807, 2.05) is 31.2 Å². The molecular formula is C21H20N4O3S2. The number of anilines is 2. The number of sulfonamides is 1. The zero-order chi connectivity index (χ0) is 20.9. The van der Waals surface area contributed by atoms with Gasteiger partial charge < -0.3 is 4.90 Å². The maximum atomic E-state index is 12.9. The molecule has 1 N–H and O–H groups in total. The fraction of sp³-hybridized carbons (Fsp3) is 0.286. The van der Waals surface area contributed by atoms with Crippen molar-refractivity contribution in [3.63, 3.8) is 0 Å². The molecule has 2 aliphatic rings. The number of fused-ring (bicyclic) bond motifs is 1. The number of nitrogens with zero attached hydrogens (tertiary/aromatic N) is 3. The number of rotatable bonds is 5. The zero-order valence-electron chi connectivity index (χ0n) is 16.3. The van der Waals surface area contributed by atoms with Gasteiger partial charge in [-0.1, -0.05) is 41.2 Å². The Kier molecular flexibility index (Phi) is 4.59. The van der Waals surface area contributed by atoms with Crippen LogP contribution in [0.4, 0.5) is 10.8 Å². The lowest BCUT2D eigenvalue weighted by Gasteiger charge is -2.17. The monoisotopic (exact) mass is 440 g/mol. The largest absolute Gasteiger partial charge is 0.312 e. The summed E-state index contributed by atoms with van der Waals surface area (Å²) in [4.78, 5) is 14.4. The molecular weight excluding hydrogens is 420 g/mol. The molecule has 1 amide bonds. The Bertz CT molecular complexity index is 1230. The Morgan fingerprint density at radius 3 is 2.63 bits per heavy atom. The van der Waals surface area contributed by atoms with E-state index in [2.05, 4.69) is 14.9 Å². The summed E-state index contributed by atoms with van der Waals surface area (Å²) in [6, 6.07) is 12.7. The fourth-order valence-corrected chi connectivity index (χ4v) is 5.61. The third kappa shape index (κ3) is 3.59. The van der Waals surface area contributed by atoms with Gasteiger partial charge in [0.25, 0.3) is 10.0 Å². The summed E-state index contributed by atoms with van der Waals surface area (Å²) in [5, 5.41) is 8.95. The molecule has 2 aromatic carbocycles. The summed E-state index contributed by atoms with van der Waals surface area (Å²) >= 11 is 1.19. The van der Waals surface area contributed by atoms with Gasteiger partial charge in [-0.05, 0) is 49.9 Å². The molecule has 0 spiro atoms. The van der Waals surface area contributed by atoms with Crippen molar-refractivity contribution in [1.82, 2.24) is 10.2 Å². The van der Waals surface area contributed by atoms with E-state index in [0.717, 1.165) is 35.2 Å². The van der Waals surface area contributed by atoms with Crippen LogP contribution in [0, 0.1) is 12.8 Å². The first-order valence-electron chi connectivity index (χ1n) is 9.78. The number of hydrogen-bond acceptors (Lipinski definition) is 6. The van der Waals surface area contributed by atoms with Crippen LogP contribution >= 0.6 is 11.3 Å². The van der Waals surface area contributed by atoms with Crippen LogP contribution in [0.1, 0.15) is 24.0 Å². The second kappa shape index (κ2) is 7.17. The van der Waals surface area contributed by atoms with Gasteiger partial charge in [0.2, 0.25) is 11.0 Å². The van der Waals surface area contributed by atoms with Crippen molar-refractivity contribution in [2.45, 2.75) is 31.1 Å². The predicted molar refractivity (Wildman–Crippen MR) is 116 cm³/mol. The van der Waals surface area contributed by atoms with E-state index >= 15 is 0 Å². The van der Waals surface area contributed by atoms with Crippen LogP contribution in [-0.4, -0.2) is 31.1 Å². The summed E-state index contributed by atoms with van der Waals surface area (Å²) in [6.07, 6.45) is 2.56. The number of hydrogen-bond donors (Lipinski definition) is 1. The average Bonchev–Trinajstić information content (AvgIpc) is 3.34. The number of amides is 1. The van der Waals surface area contributed by atoms with Gasteiger partial charge in [0.15, 0.2) is 0 Å². The van der Waals surface area contributed by atoms with Crippen molar-refractivity contribution in [3.8, 4) is 10.6 Å². The topological polar surface area (TPSA) is 92.3 Å². The van der Waals surface area contributed by atoms with Gasteiger partial charge in [0, 0.05) is 23.7 Å². The van der Waals surface area contributed by atoms with Crippen LogP contribution in [0.3, 0.4) is 0 Å². The van der Waals surface area contributed by atoms with E-state index in [1.165, 1.54) is 11.3 Å². The third-order valence-electron chi connectivity index (χ3n) is 5.39. The Hall–Kier alpha value is -2.78. The van der Waals surface area contributed by atoms with Crippen molar-refractivity contribution in [2.24, 2.45) is 5.92 Å². The minimum atomic E-state index is -3.80. The highest BCUT2D eigenvalue weighted by Crippen LogP contribution is 2.37. The molecule has 1 aliphatic carbocycles. The van der Waals surface area contributed by atoms with Crippen molar-refractivity contribution in [2.75, 3.05) is 16.2 Å².